The van der Waals surface area contributed by atoms with E-state index in [9.17, 15) is 9.90 Å². The predicted molar refractivity (Wildman–Crippen MR) is 102 cm³/mol. The summed E-state index contributed by atoms with van der Waals surface area (Å²) in [7, 11) is 0.922. The quantitative estimate of drug-likeness (QED) is 0.820. The third-order valence-electron chi connectivity index (χ3n) is 5.52. The van der Waals surface area contributed by atoms with Crippen molar-refractivity contribution in [3.63, 3.8) is 0 Å². The Morgan fingerprint density at radius 1 is 1.12 bits per heavy atom. The number of carboxylic acids is 1. The fourth-order valence-electron chi connectivity index (χ4n) is 3.41. The van der Waals surface area contributed by atoms with E-state index in [1.165, 1.54) is 0 Å². The molecule has 0 aromatic heterocycles. The molecule has 2 aromatic carbocycles. The number of rotatable bonds is 5. The van der Waals surface area contributed by atoms with Crippen molar-refractivity contribution in [2.75, 3.05) is 7.11 Å². The molecule has 138 valence electrons. The van der Waals surface area contributed by atoms with E-state index in [0.29, 0.717) is 5.75 Å². The van der Waals surface area contributed by atoms with Crippen LogP contribution in [0.2, 0.25) is 0 Å². The summed E-state index contributed by atoms with van der Waals surface area (Å²) in [6.07, 6.45) is -0.110. The van der Waals surface area contributed by atoms with Crippen LogP contribution >= 0.6 is 0 Å². The maximum absolute atomic E-state index is 11.6. The zero-order valence-corrected chi connectivity index (χ0v) is 15.9. The first-order chi connectivity index (χ1) is 12.2. The molecule has 0 amide bonds. The van der Waals surface area contributed by atoms with Gasteiger partial charge < -0.3 is 19.2 Å². The van der Waals surface area contributed by atoms with E-state index in [1.807, 2.05) is 64.1 Å². The second-order valence-electron chi connectivity index (χ2n) is 7.73. The minimum absolute atomic E-state index is 0.110. The van der Waals surface area contributed by atoms with Crippen LogP contribution in [0.25, 0.3) is 10.8 Å². The van der Waals surface area contributed by atoms with Gasteiger partial charge in [0.05, 0.1) is 24.7 Å². The number of methoxy groups -OCH3 is 1. The third kappa shape index (κ3) is 3.19. The highest BCUT2D eigenvalue weighted by molar-refractivity contribution is 6.48. The molecule has 2 aromatic rings. The van der Waals surface area contributed by atoms with Crippen molar-refractivity contribution in [2.45, 2.75) is 51.1 Å². The number of carboxylic acid groups (broad SMARTS) is 1. The summed E-state index contributed by atoms with van der Waals surface area (Å²) in [6, 6.07) is 11.7. The molecule has 0 bridgehead atoms. The minimum atomic E-state index is -0.903. The summed E-state index contributed by atoms with van der Waals surface area (Å²) in [5.41, 5.74) is -0.259. The van der Waals surface area contributed by atoms with Gasteiger partial charge in [-0.2, -0.15) is 0 Å². The predicted octanol–water partition coefficient (Wildman–Crippen LogP) is 4.04. The third-order valence-corrected chi connectivity index (χ3v) is 5.52. The lowest BCUT2D eigenvalue weighted by molar-refractivity contribution is -0.137. The summed E-state index contributed by atoms with van der Waals surface area (Å²) in [4.78, 5) is 11.6. The van der Waals surface area contributed by atoms with E-state index in [1.54, 1.807) is 7.11 Å². The van der Waals surface area contributed by atoms with Gasteiger partial charge in [-0.1, -0.05) is 30.3 Å². The molecule has 3 rings (SSSR count). The molecule has 6 heteroatoms. The van der Waals surface area contributed by atoms with E-state index in [2.05, 4.69) is 0 Å². The molecule has 0 radical (unpaired) electrons. The molecule has 1 unspecified atom stereocenters. The molecule has 1 aliphatic rings. The second kappa shape index (κ2) is 6.60. The number of aliphatic carboxylic acids is 1. The first-order valence-corrected chi connectivity index (χ1v) is 8.79. The van der Waals surface area contributed by atoms with Crippen LogP contribution < -0.4 is 4.74 Å². The summed E-state index contributed by atoms with van der Waals surface area (Å²) < 4.78 is 18.0. The summed E-state index contributed by atoms with van der Waals surface area (Å²) >= 11 is 0. The molecule has 1 saturated heterocycles. The fraction of sp³-hybridized carbons (Fsp3) is 0.450. The zero-order chi connectivity index (χ0) is 19.1. The van der Waals surface area contributed by atoms with Crippen molar-refractivity contribution in [2.24, 2.45) is 0 Å². The molecule has 5 nitrogen and oxygen atoms in total. The molecule has 1 heterocycles. The van der Waals surface area contributed by atoms with Crippen molar-refractivity contribution in [3.05, 3.63) is 42.0 Å². The van der Waals surface area contributed by atoms with Gasteiger partial charge in [0, 0.05) is 11.4 Å². The van der Waals surface area contributed by atoms with Crippen LogP contribution in [0.5, 0.6) is 5.75 Å². The number of carbonyl (C=O) groups is 1. The monoisotopic (exact) mass is 356 g/mol. The first kappa shape index (κ1) is 18.7. The Labute approximate surface area is 154 Å². The lowest BCUT2D eigenvalue weighted by Gasteiger charge is -2.32. The van der Waals surface area contributed by atoms with Crippen molar-refractivity contribution >= 4 is 23.9 Å². The highest BCUT2D eigenvalue weighted by Gasteiger charge is 2.54. The Bertz CT molecular complexity index is 814. The lowest BCUT2D eigenvalue weighted by atomic mass is 9.65. The Kier molecular flexibility index (Phi) is 4.75. The highest BCUT2D eigenvalue weighted by atomic mass is 16.7. The van der Waals surface area contributed by atoms with E-state index < -0.39 is 30.1 Å². The molecule has 0 spiro atoms. The van der Waals surface area contributed by atoms with Gasteiger partial charge in [0.2, 0.25) is 0 Å². The zero-order valence-electron chi connectivity index (χ0n) is 15.9. The van der Waals surface area contributed by atoms with Crippen LogP contribution in [0.3, 0.4) is 0 Å². The average Bonchev–Trinajstić information content (AvgIpc) is 2.79. The highest BCUT2D eigenvalue weighted by Crippen LogP contribution is 2.45. The normalized spacial score (nSPS) is 19.5. The van der Waals surface area contributed by atoms with E-state index in [0.717, 1.165) is 16.3 Å². The first-order valence-electron chi connectivity index (χ1n) is 8.79. The molecular formula is C20H25BO5. The fourth-order valence-corrected chi connectivity index (χ4v) is 3.41. The van der Waals surface area contributed by atoms with Crippen molar-refractivity contribution in [3.8, 4) is 5.75 Å². The van der Waals surface area contributed by atoms with Crippen molar-refractivity contribution in [1.82, 2.24) is 0 Å². The molecule has 1 N–H and O–H groups in total. The smallest absolute Gasteiger partial charge is 0.466 e. The van der Waals surface area contributed by atoms with E-state index in [-0.39, 0.29) is 6.42 Å². The van der Waals surface area contributed by atoms with Gasteiger partial charge >= 0.3 is 13.1 Å². The van der Waals surface area contributed by atoms with E-state index >= 15 is 0 Å². The Morgan fingerprint density at radius 2 is 1.73 bits per heavy atom. The van der Waals surface area contributed by atoms with Crippen LogP contribution in [0.4, 0.5) is 0 Å². The largest absolute Gasteiger partial charge is 0.496 e. The second-order valence-corrected chi connectivity index (χ2v) is 7.73. The van der Waals surface area contributed by atoms with Crippen LogP contribution in [-0.2, 0) is 14.1 Å². The van der Waals surface area contributed by atoms with Crippen LogP contribution in [0, 0.1) is 0 Å². The maximum atomic E-state index is 11.6. The molecule has 1 aliphatic heterocycles. The van der Waals surface area contributed by atoms with Crippen molar-refractivity contribution in [1.29, 1.82) is 0 Å². The molecule has 1 fully saturated rings. The van der Waals surface area contributed by atoms with Crippen LogP contribution in [0.15, 0.2) is 36.4 Å². The Balaban J connectivity index is 2.16. The summed E-state index contributed by atoms with van der Waals surface area (Å²) in [5, 5.41) is 11.5. The average molecular weight is 356 g/mol. The summed E-state index contributed by atoms with van der Waals surface area (Å²) in [5.74, 6) is -0.751. The van der Waals surface area contributed by atoms with Gasteiger partial charge in [0.25, 0.3) is 0 Å². The topological polar surface area (TPSA) is 65.0 Å². The number of hydrogen-bond donors (Lipinski definition) is 1. The molecule has 26 heavy (non-hydrogen) atoms. The molecule has 0 saturated carbocycles. The summed E-state index contributed by atoms with van der Waals surface area (Å²) in [6.45, 7) is 7.85. The number of fused-ring (bicyclic) bond motifs is 1. The molecular weight excluding hydrogens is 331 g/mol. The minimum Gasteiger partial charge on any atom is -0.496 e. The van der Waals surface area contributed by atoms with Gasteiger partial charge in [-0.3, -0.25) is 4.79 Å². The molecule has 1 atom stereocenters. The SMILES string of the molecule is COc1ccc2ccccc2c1C(CC(=O)O)B1OC(C)(C)C(C)(C)O1. The van der Waals surface area contributed by atoms with Crippen LogP contribution in [0.1, 0.15) is 45.5 Å². The number of benzene rings is 2. The Hall–Kier alpha value is -2.05. The number of hydrogen-bond acceptors (Lipinski definition) is 4. The van der Waals surface area contributed by atoms with Crippen LogP contribution in [-0.4, -0.2) is 36.5 Å². The van der Waals surface area contributed by atoms with Gasteiger partial charge in [-0.05, 0) is 44.5 Å². The maximum Gasteiger partial charge on any atom is 0.466 e. The van der Waals surface area contributed by atoms with Gasteiger partial charge in [0.15, 0.2) is 0 Å². The van der Waals surface area contributed by atoms with Gasteiger partial charge in [-0.25, -0.2) is 0 Å². The van der Waals surface area contributed by atoms with Gasteiger partial charge in [-0.15, -0.1) is 0 Å². The standard InChI is InChI=1S/C20H25BO5/c1-19(2)20(3,4)26-21(25-19)15(12-17(22)23)18-14-9-7-6-8-13(14)10-11-16(18)24-5/h6-11,15H,12H2,1-5H3,(H,22,23). The lowest BCUT2D eigenvalue weighted by Crippen LogP contribution is -2.41. The van der Waals surface area contributed by atoms with E-state index in [4.69, 9.17) is 14.0 Å². The van der Waals surface area contributed by atoms with Crippen molar-refractivity contribution < 1.29 is 23.9 Å². The van der Waals surface area contributed by atoms with Gasteiger partial charge in [0.1, 0.15) is 5.75 Å². The molecule has 0 aliphatic carbocycles. The Morgan fingerprint density at radius 3 is 2.31 bits per heavy atom. The number of ether oxygens (including phenoxy) is 1.